The normalized spacial score (nSPS) is 16.1. The minimum Gasteiger partial charge on any atom is -0.299 e. The third-order valence-corrected chi connectivity index (χ3v) is 6.48. The molecule has 0 saturated heterocycles. The summed E-state index contributed by atoms with van der Waals surface area (Å²) in [5, 5.41) is 0. The SMILES string of the molecule is CCCCCCCCCCC(=O)[C]1[CH][CH][CH][CH]1.CCCCCCCCCCC(=O)[C]1[CH][CH][CH][CH]1.[Fe]. The summed E-state index contributed by atoms with van der Waals surface area (Å²) < 4.78 is 0. The van der Waals surface area contributed by atoms with E-state index in [0.29, 0.717) is 11.6 Å². The summed E-state index contributed by atoms with van der Waals surface area (Å²) in [7, 11) is 0. The number of rotatable bonds is 20. The van der Waals surface area contributed by atoms with Crippen LogP contribution in [0.3, 0.4) is 0 Å². The van der Waals surface area contributed by atoms with Gasteiger partial charge >= 0.3 is 0 Å². The molecule has 0 unspecified atom stereocenters. The molecule has 3 heteroatoms. The Morgan fingerprint density at radius 2 is 0.714 bits per heavy atom. The van der Waals surface area contributed by atoms with Crippen molar-refractivity contribution in [3.05, 3.63) is 63.2 Å². The molecule has 2 nitrogen and oxygen atoms in total. The van der Waals surface area contributed by atoms with E-state index in [1.54, 1.807) is 0 Å². The fourth-order valence-electron chi connectivity index (χ4n) is 4.25. The van der Waals surface area contributed by atoms with Crippen molar-refractivity contribution in [2.45, 2.75) is 129 Å². The van der Waals surface area contributed by atoms with Crippen LogP contribution in [0, 0.1) is 63.2 Å². The number of unbranched alkanes of at least 4 members (excludes halogenated alkanes) is 14. The van der Waals surface area contributed by atoms with Crippen molar-refractivity contribution in [1.29, 1.82) is 0 Å². The summed E-state index contributed by atoms with van der Waals surface area (Å²) in [5.74, 6) is 2.38. The van der Waals surface area contributed by atoms with Gasteiger partial charge in [0.1, 0.15) is 11.6 Å². The maximum Gasteiger partial charge on any atom is 0.140 e. The largest absolute Gasteiger partial charge is 0.299 e. The molecule has 0 N–H and O–H groups in total. The molecule has 10 radical (unpaired) electrons. The molecule has 2 rings (SSSR count). The Bertz CT molecular complexity index is 434. The van der Waals surface area contributed by atoms with Crippen LogP contribution in [0.5, 0.6) is 0 Å². The van der Waals surface area contributed by atoms with E-state index in [-0.39, 0.29) is 17.1 Å². The van der Waals surface area contributed by atoms with E-state index in [9.17, 15) is 9.59 Å². The molecule has 0 aromatic carbocycles. The molecule has 2 saturated carbocycles. The van der Waals surface area contributed by atoms with Crippen LogP contribution in [-0.2, 0) is 26.7 Å². The van der Waals surface area contributed by atoms with Gasteiger partial charge in [-0.25, -0.2) is 0 Å². The Labute approximate surface area is 230 Å². The molecule has 2 fully saturated rings. The number of ketones is 2. The number of hydrogen-bond acceptors (Lipinski definition) is 2. The van der Waals surface area contributed by atoms with Crippen LogP contribution in [0.1, 0.15) is 129 Å². The van der Waals surface area contributed by atoms with E-state index < -0.39 is 0 Å². The first-order valence-corrected chi connectivity index (χ1v) is 14.2. The molecule has 2 aliphatic carbocycles. The fraction of sp³-hybridized carbons (Fsp3) is 0.625. The van der Waals surface area contributed by atoms with Gasteiger partial charge in [-0.1, -0.05) is 104 Å². The van der Waals surface area contributed by atoms with E-state index in [4.69, 9.17) is 0 Å². The van der Waals surface area contributed by atoms with Gasteiger partial charge in [-0.05, 0) is 64.2 Å². The molecule has 0 aromatic heterocycles. The van der Waals surface area contributed by atoms with E-state index in [2.05, 4.69) is 13.8 Å². The van der Waals surface area contributed by atoms with Crippen molar-refractivity contribution in [3.63, 3.8) is 0 Å². The average Bonchev–Trinajstić information content (AvgIpc) is 3.57. The van der Waals surface area contributed by atoms with Gasteiger partial charge in [0.25, 0.3) is 0 Å². The molecule has 35 heavy (non-hydrogen) atoms. The molecule has 198 valence electrons. The van der Waals surface area contributed by atoms with Gasteiger partial charge in [0.2, 0.25) is 0 Å². The fourth-order valence-corrected chi connectivity index (χ4v) is 4.25. The molecular weight excluding hydrogens is 472 g/mol. The molecule has 0 aromatic rings. The molecule has 0 aliphatic heterocycles. The Hall–Kier alpha value is -0.141. The number of hydrogen-bond donors (Lipinski definition) is 0. The van der Waals surface area contributed by atoms with Gasteiger partial charge in [0, 0.05) is 41.7 Å². The number of carbonyl (C=O) groups is 2. The maximum atomic E-state index is 11.7. The first kappa shape index (κ1) is 34.9. The van der Waals surface area contributed by atoms with Gasteiger partial charge < -0.3 is 0 Å². The third-order valence-electron chi connectivity index (χ3n) is 6.48. The predicted molar refractivity (Wildman–Crippen MR) is 145 cm³/mol. The summed E-state index contributed by atoms with van der Waals surface area (Å²) in [4.78, 5) is 23.4. The zero-order valence-corrected chi connectivity index (χ0v) is 23.6. The van der Waals surface area contributed by atoms with Crippen molar-refractivity contribution in [1.82, 2.24) is 0 Å². The van der Waals surface area contributed by atoms with Crippen molar-refractivity contribution < 1.29 is 26.7 Å². The zero-order valence-electron chi connectivity index (χ0n) is 22.5. The van der Waals surface area contributed by atoms with Crippen LogP contribution in [0.4, 0.5) is 0 Å². The van der Waals surface area contributed by atoms with E-state index >= 15 is 0 Å². The van der Waals surface area contributed by atoms with Crippen molar-refractivity contribution in [3.8, 4) is 0 Å². The zero-order chi connectivity index (χ0) is 24.7. The summed E-state index contributed by atoms with van der Waals surface area (Å²) in [6.45, 7) is 4.49. The van der Waals surface area contributed by atoms with Crippen molar-refractivity contribution in [2.24, 2.45) is 0 Å². The molecule has 0 bridgehead atoms. The van der Waals surface area contributed by atoms with Gasteiger partial charge in [0.05, 0.1) is 0 Å². The number of Topliss-reactive ketones (excluding diaryl/α,β-unsaturated/α-hetero) is 2. The summed E-state index contributed by atoms with van der Waals surface area (Å²) in [6, 6.07) is 0. The second-order valence-electron chi connectivity index (χ2n) is 9.64. The second-order valence-corrected chi connectivity index (χ2v) is 9.64. The van der Waals surface area contributed by atoms with Crippen LogP contribution in [0.2, 0.25) is 0 Å². The van der Waals surface area contributed by atoms with E-state index in [1.165, 1.54) is 89.9 Å². The van der Waals surface area contributed by atoms with Gasteiger partial charge in [-0.2, -0.15) is 0 Å². The summed E-state index contributed by atoms with van der Waals surface area (Å²) >= 11 is 0. The molecule has 0 amide bonds. The molecule has 0 atom stereocenters. The standard InChI is InChI=1S/2C16H25O.Fe/c2*1-2-3-4-5-6-7-8-9-14-16(17)15-12-10-11-13-15;/h2*10-13H,2-9,14H2,1H3;. The summed E-state index contributed by atoms with van der Waals surface area (Å²) in [5.41, 5.74) is 0. The second kappa shape index (κ2) is 25.5. The molecule has 0 heterocycles. The Balaban J connectivity index is 0.000000642. The number of carbonyl (C=O) groups excluding carboxylic acids is 2. The average molecular weight is 523 g/mol. The minimum atomic E-state index is 0. The monoisotopic (exact) mass is 522 g/mol. The quantitative estimate of drug-likeness (QED) is 0.118. The first-order chi connectivity index (χ1) is 16.7. The molecule has 2 aliphatic rings. The van der Waals surface area contributed by atoms with Crippen LogP contribution in [0.25, 0.3) is 0 Å². The third kappa shape index (κ3) is 19.6. The summed E-state index contributed by atoms with van der Waals surface area (Å²) in [6.07, 6.45) is 37.4. The topological polar surface area (TPSA) is 34.1 Å². The Kier molecular flexibility index (Phi) is 25.4. The van der Waals surface area contributed by atoms with Crippen LogP contribution in [0.15, 0.2) is 0 Å². The van der Waals surface area contributed by atoms with E-state index in [0.717, 1.165) is 37.5 Å². The van der Waals surface area contributed by atoms with Gasteiger partial charge in [-0.15, -0.1) is 0 Å². The Morgan fingerprint density at radius 1 is 0.457 bits per heavy atom. The Morgan fingerprint density at radius 3 is 1.00 bits per heavy atom. The van der Waals surface area contributed by atoms with Crippen LogP contribution >= 0.6 is 0 Å². The van der Waals surface area contributed by atoms with Crippen molar-refractivity contribution >= 4 is 11.6 Å². The smallest absolute Gasteiger partial charge is 0.140 e. The molecule has 0 spiro atoms. The van der Waals surface area contributed by atoms with Crippen LogP contribution < -0.4 is 0 Å². The van der Waals surface area contributed by atoms with Gasteiger partial charge in [-0.3, -0.25) is 9.59 Å². The van der Waals surface area contributed by atoms with Gasteiger partial charge in [0.15, 0.2) is 0 Å². The minimum absolute atomic E-state index is 0. The van der Waals surface area contributed by atoms with Crippen molar-refractivity contribution in [2.75, 3.05) is 0 Å². The first-order valence-electron chi connectivity index (χ1n) is 14.2. The van der Waals surface area contributed by atoms with Crippen LogP contribution in [-0.4, -0.2) is 11.6 Å². The van der Waals surface area contributed by atoms with E-state index in [1.807, 2.05) is 51.4 Å². The predicted octanol–water partition coefficient (Wildman–Crippen LogP) is 8.98. The maximum absolute atomic E-state index is 11.7. The molecular formula is C32H50FeO2.